The van der Waals surface area contributed by atoms with Gasteiger partial charge in [0.15, 0.2) is 0 Å². The molecule has 1 aromatic heterocycles. The predicted octanol–water partition coefficient (Wildman–Crippen LogP) is 1.29. The average molecular weight is 267 g/mol. The first-order valence-corrected chi connectivity index (χ1v) is 6.71. The van der Waals surface area contributed by atoms with E-state index in [4.69, 9.17) is 9.47 Å². The van der Waals surface area contributed by atoms with Crippen LogP contribution in [0.5, 0.6) is 0 Å². The van der Waals surface area contributed by atoms with Gasteiger partial charge in [0.1, 0.15) is 5.82 Å². The number of ether oxygens (including phenoxy) is 2. The Balaban J connectivity index is 2.33. The van der Waals surface area contributed by atoms with Gasteiger partial charge in [-0.05, 0) is 18.6 Å². The van der Waals surface area contributed by atoms with E-state index in [0.717, 1.165) is 45.3 Å². The fourth-order valence-electron chi connectivity index (χ4n) is 1.61. The maximum atomic E-state index is 5.33. The Morgan fingerprint density at radius 1 is 1.32 bits per heavy atom. The van der Waals surface area contributed by atoms with E-state index in [1.54, 1.807) is 7.11 Å². The van der Waals surface area contributed by atoms with E-state index in [1.807, 2.05) is 26.2 Å². The molecule has 0 spiro atoms. The van der Waals surface area contributed by atoms with Crippen molar-refractivity contribution in [2.45, 2.75) is 13.5 Å². The fraction of sp³-hybridized carbons (Fsp3) is 0.643. The first-order valence-electron chi connectivity index (χ1n) is 6.71. The highest BCUT2D eigenvalue weighted by molar-refractivity contribution is 5.38. The van der Waals surface area contributed by atoms with Crippen LogP contribution in [0.4, 0.5) is 5.82 Å². The minimum absolute atomic E-state index is 0.728. The second kappa shape index (κ2) is 9.72. The van der Waals surface area contributed by atoms with Gasteiger partial charge in [-0.25, -0.2) is 4.98 Å². The SMILES string of the molecule is CCOCCN(C)c1ccc(CNCCOC)cn1. The maximum Gasteiger partial charge on any atom is 0.128 e. The molecule has 0 saturated heterocycles. The van der Waals surface area contributed by atoms with E-state index in [2.05, 4.69) is 21.3 Å². The van der Waals surface area contributed by atoms with Crippen LogP contribution in [0.2, 0.25) is 0 Å². The van der Waals surface area contributed by atoms with Crippen molar-refractivity contribution in [3.05, 3.63) is 23.9 Å². The Kier molecular flexibility index (Phi) is 8.13. The molecule has 5 nitrogen and oxygen atoms in total. The molecule has 0 aliphatic heterocycles. The molecule has 1 N–H and O–H groups in total. The minimum Gasteiger partial charge on any atom is -0.383 e. The van der Waals surface area contributed by atoms with Crippen molar-refractivity contribution < 1.29 is 9.47 Å². The van der Waals surface area contributed by atoms with Gasteiger partial charge in [0.05, 0.1) is 13.2 Å². The zero-order chi connectivity index (χ0) is 13.9. The van der Waals surface area contributed by atoms with Gasteiger partial charge in [0, 0.05) is 46.6 Å². The maximum absolute atomic E-state index is 5.33. The van der Waals surface area contributed by atoms with Crippen LogP contribution in [-0.2, 0) is 16.0 Å². The predicted molar refractivity (Wildman–Crippen MR) is 77.6 cm³/mol. The molecule has 0 atom stereocenters. The summed E-state index contributed by atoms with van der Waals surface area (Å²) in [7, 11) is 3.73. The number of hydrogen-bond donors (Lipinski definition) is 1. The van der Waals surface area contributed by atoms with Gasteiger partial charge in [-0.1, -0.05) is 6.07 Å². The van der Waals surface area contributed by atoms with Crippen LogP contribution >= 0.6 is 0 Å². The number of nitrogens with one attached hydrogen (secondary N) is 1. The Bertz CT molecular complexity index is 330. The van der Waals surface area contributed by atoms with E-state index in [-0.39, 0.29) is 0 Å². The second-order valence-electron chi connectivity index (χ2n) is 4.31. The summed E-state index contributed by atoms with van der Waals surface area (Å²) in [5.74, 6) is 0.973. The highest BCUT2D eigenvalue weighted by Crippen LogP contribution is 2.09. The summed E-state index contributed by atoms with van der Waals surface area (Å²) in [5, 5.41) is 3.29. The molecule has 0 aliphatic rings. The van der Waals surface area contributed by atoms with Crippen LogP contribution in [-0.4, -0.2) is 52.1 Å². The molecule has 19 heavy (non-hydrogen) atoms. The van der Waals surface area contributed by atoms with E-state index in [9.17, 15) is 0 Å². The van der Waals surface area contributed by atoms with E-state index >= 15 is 0 Å². The van der Waals surface area contributed by atoms with Crippen molar-refractivity contribution in [2.24, 2.45) is 0 Å². The topological polar surface area (TPSA) is 46.6 Å². The number of pyridine rings is 1. The molecule has 0 bridgehead atoms. The molecule has 1 rings (SSSR count). The summed E-state index contributed by atoms with van der Waals surface area (Å²) < 4.78 is 10.3. The Morgan fingerprint density at radius 2 is 2.16 bits per heavy atom. The molecule has 5 heteroatoms. The normalized spacial score (nSPS) is 10.7. The number of likely N-dealkylation sites (N-methyl/N-ethyl adjacent to an activating group) is 1. The number of methoxy groups -OCH3 is 1. The third-order valence-electron chi connectivity index (χ3n) is 2.79. The molecular formula is C14H25N3O2. The molecule has 0 saturated carbocycles. The number of aromatic nitrogens is 1. The van der Waals surface area contributed by atoms with Gasteiger partial charge < -0.3 is 19.7 Å². The molecule has 1 aromatic rings. The standard InChI is InChI=1S/C14H25N3O2/c1-4-19-10-8-17(2)14-6-5-13(12-16-14)11-15-7-9-18-3/h5-6,12,15H,4,7-11H2,1-3H3. The van der Waals surface area contributed by atoms with Gasteiger partial charge >= 0.3 is 0 Å². The van der Waals surface area contributed by atoms with Crippen molar-refractivity contribution in [3.8, 4) is 0 Å². The van der Waals surface area contributed by atoms with Crippen LogP contribution in [0.1, 0.15) is 12.5 Å². The Labute approximate surface area is 115 Å². The van der Waals surface area contributed by atoms with E-state index in [0.29, 0.717) is 0 Å². The summed E-state index contributed by atoms with van der Waals surface area (Å²) in [6.07, 6.45) is 1.91. The smallest absolute Gasteiger partial charge is 0.128 e. The van der Waals surface area contributed by atoms with Crippen LogP contribution in [0.25, 0.3) is 0 Å². The van der Waals surface area contributed by atoms with Gasteiger partial charge in [0.2, 0.25) is 0 Å². The molecule has 0 fully saturated rings. The molecule has 108 valence electrons. The number of rotatable bonds is 10. The largest absolute Gasteiger partial charge is 0.383 e. The van der Waals surface area contributed by atoms with Crippen molar-refractivity contribution in [3.63, 3.8) is 0 Å². The van der Waals surface area contributed by atoms with Crippen LogP contribution in [0.15, 0.2) is 18.3 Å². The minimum atomic E-state index is 0.728. The van der Waals surface area contributed by atoms with E-state index in [1.165, 1.54) is 5.56 Å². The number of nitrogens with zero attached hydrogens (tertiary/aromatic N) is 2. The second-order valence-corrected chi connectivity index (χ2v) is 4.31. The van der Waals surface area contributed by atoms with E-state index < -0.39 is 0 Å². The van der Waals surface area contributed by atoms with Crippen LogP contribution < -0.4 is 10.2 Å². The molecule has 0 amide bonds. The highest BCUT2D eigenvalue weighted by Gasteiger charge is 2.02. The molecule has 0 aromatic carbocycles. The van der Waals surface area contributed by atoms with Crippen LogP contribution in [0.3, 0.4) is 0 Å². The lowest BCUT2D eigenvalue weighted by atomic mass is 10.2. The zero-order valence-corrected chi connectivity index (χ0v) is 12.2. The quantitative estimate of drug-likeness (QED) is 0.647. The number of hydrogen-bond acceptors (Lipinski definition) is 5. The summed E-state index contributed by atoms with van der Waals surface area (Å²) in [6, 6.07) is 4.14. The van der Waals surface area contributed by atoms with Crippen LogP contribution in [0, 0.1) is 0 Å². The van der Waals surface area contributed by atoms with Gasteiger partial charge in [-0.2, -0.15) is 0 Å². The zero-order valence-electron chi connectivity index (χ0n) is 12.2. The average Bonchev–Trinajstić information content (AvgIpc) is 2.44. The molecule has 0 radical (unpaired) electrons. The lowest BCUT2D eigenvalue weighted by Gasteiger charge is -2.18. The lowest BCUT2D eigenvalue weighted by Crippen LogP contribution is -2.23. The van der Waals surface area contributed by atoms with Crippen molar-refractivity contribution in [2.75, 3.05) is 52.0 Å². The third-order valence-corrected chi connectivity index (χ3v) is 2.79. The molecular weight excluding hydrogens is 242 g/mol. The fourth-order valence-corrected chi connectivity index (χ4v) is 1.61. The van der Waals surface area contributed by atoms with Gasteiger partial charge in [-0.3, -0.25) is 0 Å². The third kappa shape index (κ3) is 6.52. The van der Waals surface area contributed by atoms with Crippen molar-refractivity contribution in [1.29, 1.82) is 0 Å². The summed E-state index contributed by atoms with van der Waals surface area (Å²) in [4.78, 5) is 6.55. The lowest BCUT2D eigenvalue weighted by molar-refractivity contribution is 0.154. The summed E-state index contributed by atoms with van der Waals surface area (Å²) in [6.45, 7) is 6.75. The van der Waals surface area contributed by atoms with Crippen molar-refractivity contribution >= 4 is 5.82 Å². The summed E-state index contributed by atoms with van der Waals surface area (Å²) >= 11 is 0. The molecule has 1 heterocycles. The molecule has 0 unspecified atom stereocenters. The molecule has 0 aliphatic carbocycles. The Hall–Kier alpha value is -1.17. The highest BCUT2D eigenvalue weighted by atomic mass is 16.5. The summed E-state index contributed by atoms with van der Waals surface area (Å²) in [5.41, 5.74) is 1.18. The first kappa shape index (κ1) is 15.9. The number of anilines is 1. The monoisotopic (exact) mass is 267 g/mol. The van der Waals surface area contributed by atoms with Gasteiger partial charge in [-0.15, -0.1) is 0 Å². The van der Waals surface area contributed by atoms with Crippen molar-refractivity contribution in [1.82, 2.24) is 10.3 Å². The first-order chi connectivity index (χ1) is 9.27. The van der Waals surface area contributed by atoms with Gasteiger partial charge in [0.25, 0.3) is 0 Å². The Morgan fingerprint density at radius 3 is 2.79 bits per heavy atom.